The molecule has 0 unspecified atom stereocenters. The first-order valence-corrected chi connectivity index (χ1v) is 10.2. The van der Waals surface area contributed by atoms with E-state index >= 15 is 0 Å². The predicted molar refractivity (Wildman–Crippen MR) is 96.1 cm³/mol. The lowest BCUT2D eigenvalue weighted by molar-refractivity contribution is -0.140. The van der Waals surface area contributed by atoms with Crippen LogP contribution in [0.4, 0.5) is 0 Å². The van der Waals surface area contributed by atoms with Gasteiger partial charge in [-0.25, -0.2) is 0 Å². The summed E-state index contributed by atoms with van der Waals surface area (Å²) in [5.41, 5.74) is 0.809. The van der Waals surface area contributed by atoms with E-state index in [9.17, 15) is 13.2 Å². The normalized spacial score (nSPS) is 14.9. The Bertz CT molecular complexity index is 710. The van der Waals surface area contributed by atoms with Crippen LogP contribution in [0.5, 0.6) is 11.5 Å². The summed E-state index contributed by atoms with van der Waals surface area (Å²) in [5, 5.41) is 0. The third-order valence-electron chi connectivity index (χ3n) is 4.51. The second kappa shape index (κ2) is 8.08. The van der Waals surface area contributed by atoms with Gasteiger partial charge in [0, 0.05) is 18.5 Å². The second-order valence-electron chi connectivity index (χ2n) is 6.60. The molecule has 0 saturated heterocycles. The van der Waals surface area contributed by atoms with E-state index in [0.29, 0.717) is 12.3 Å². The number of carbonyl (C=O) groups excluding carboxylic acids is 1. The quantitative estimate of drug-likeness (QED) is 0.659. The first kappa shape index (κ1) is 19.6. The lowest BCUT2D eigenvalue weighted by Gasteiger charge is -2.34. The summed E-state index contributed by atoms with van der Waals surface area (Å²) in [4.78, 5) is 14.5. The molecule has 0 N–H and O–H groups in total. The van der Waals surface area contributed by atoms with Crippen LogP contribution in [0, 0.1) is 5.92 Å². The molecule has 1 aromatic carbocycles. The highest BCUT2D eigenvalue weighted by Crippen LogP contribution is 2.32. The summed E-state index contributed by atoms with van der Waals surface area (Å²) < 4.78 is 33.9. The van der Waals surface area contributed by atoms with E-state index in [1.165, 1.54) is 14.0 Å². The molecule has 6 nitrogen and oxygen atoms in total. The van der Waals surface area contributed by atoms with Crippen molar-refractivity contribution in [3.05, 3.63) is 23.8 Å². The fourth-order valence-corrected chi connectivity index (χ4v) is 3.20. The molecule has 25 heavy (non-hydrogen) atoms. The van der Waals surface area contributed by atoms with Gasteiger partial charge in [-0.15, -0.1) is 0 Å². The van der Waals surface area contributed by atoms with Crippen molar-refractivity contribution in [1.82, 2.24) is 4.90 Å². The first-order valence-electron chi connectivity index (χ1n) is 8.67. The average Bonchev–Trinajstić information content (AvgIpc) is 2.50. The summed E-state index contributed by atoms with van der Waals surface area (Å²) in [6.07, 6.45) is 3.01. The van der Waals surface area contributed by atoms with Crippen LogP contribution in [-0.2, 0) is 21.5 Å². The molecule has 0 heterocycles. The van der Waals surface area contributed by atoms with Crippen molar-refractivity contribution >= 4 is 16.0 Å². The molecule has 0 aromatic heterocycles. The monoisotopic (exact) mass is 369 g/mol. The zero-order valence-corrected chi connectivity index (χ0v) is 16.1. The third kappa shape index (κ3) is 4.87. The summed E-state index contributed by atoms with van der Waals surface area (Å²) in [6, 6.07) is 5.20. The Hall–Kier alpha value is -1.76. The van der Waals surface area contributed by atoms with E-state index in [4.69, 9.17) is 8.92 Å². The molecular formula is C18H27NO5S. The van der Waals surface area contributed by atoms with Crippen molar-refractivity contribution in [3.8, 4) is 11.5 Å². The number of ether oxygens (including phenoxy) is 1. The lowest BCUT2D eigenvalue weighted by atomic mass is 9.84. The van der Waals surface area contributed by atoms with Crippen LogP contribution in [0.25, 0.3) is 0 Å². The van der Waals surface area contributed by atoms with Gasteiger partial charge in [-0.1, -0.05) is 12.5 Å². The van der Waals surface area contributed by atoms with Gasteiger partial charge >= 0.3 is 10.1 Å². The minimum atomic E-state index is -3.65. The molecule has 2 rings (SSSR count). The number of methoxy groups -OCH3 is 1. The molecule has 140 valence electrons. The summed E-state index contributed by atoms with van der Waals surface area (Å²) in [6.45, 7) is 5.90. The number of nitrogens with zero attached hydrogens (tertiary/aromatic N) is 1. The zero-order valence-electron chi connectivity index (χ0n) is 15.3. The molecule has 0 spiro atoms. The molecule has 1 aliphatic carbocycles. The number of hydrogen-bond donors (Lipinski definition) is 0. The fourth-order valence-electron chi connectivity index (χ4n) is 2.68. The van der Waals surface area contributed by atoms with Gasteiger partial charge in [0.2, 0.25) is 5.91 Å². The van der Waals surface area contributed by atoms with Crippen molar-refractivity contribution in [3.63, 3.8) is 0 Å². The summed E-state index contributed by atoms with van der Waals surface area (Å²) in [7, 11) is -2.19. The number of amides is 1. The Labute approximate surface area is 150 Å². The lowest BCUT2D eigenvalue weighted by Crippen LogP contribution is -2.42. The second-order valence-corrected chi connectivity index (χ2v) is 8.46. The smallest absolute Gasteiger partial charge is 0.309 e. The van der Waals surface area contributed by atoms with E-state index in [0.717, 1.165) is 24.8 Å². The molecule has 1 aliphatic rings. The van der Waals surface area contributed by atoms with Gasteiger partial charge in [-0.05, 0) is 51.3 Å². The van der Waals surface area contributed by atoms with Crippen molar-refractivity contribution in [2.75, 3.05) is 12.9 Å². The zero-order chi connectivity index (χ0) is 18.6. The maximum atomic E-state index is 12.6. The maximum Gasteiger partial charge on any atom is 0.309 e. The van der Waals surface area contributed by atoms with Crippen LogP contribution in [0.2, 0.25) is 0 Å². The molecule has 1 saturated carbocycles. The number of rotatable bonds is 8. The Morgan fingerprint density at radius 1 is 1.28 bits per heavy atom. The SMILES string of the molecule is CCS(=O)(=O)Oc1cc(CN(C(=O)C2CCC2)C(C)C)ccc1OC. The largest absolute Gasteiger partial charge is 0.493 e. The van der Waals surface area contributed by atoms with E-state index in [1.807, 2.05) is 24.8 Å². The van der Waals surface area contributed by atoms with Gasteiger partial charge in [0.05, 0.1) is 12.9 Å². The van der Waals surface area contributed by atoms with Gasteiger partial charge in [0.25, 0.3) is 0 Å². The van der Waals surface area contributed by atoms with E-state index in [2.05, 4.69) is 0 Å². The van der Waals surface area contributed by atoms with Crippen LogP contribution >= 0.6 is 0 Å². The maximum absolute atomic E-state index is 12.6. The molecule has 1 amide bonds. The third-order valence-corrected chi connectivity index (χ3v) is 5.65. The molecule has 0 aliphatic heterocycles. The van der Waals surface area contributed by atoms with Crippen molar-refractivity contribution in [2.45, 2.75) is 52.6 Å². The highest BCUT2D eigenvalue weighted by Gasteiger charge is 2.30. The van der Waals surface area contributed by atoms with Crippen LogP contribution in [0.1, 0.15) is 45.6 Å². The molecule has 0 bridgehead atoms. The molecule has 7 heteroatoms. The van der Waals surface area contributed by atoms with Gasteiger partial charge < -0.3 is 13.8 Å². The molecule has 1 fully saturated rings. The minimum Gasteiger partial charge on any atom is -0.493 e. The van der Waals surface area contributed by atoms with E-state index in [-0.39, 0.29) is 29.4 Å². The Balaban J connectivity index is 2.24. The number of hydrogen-bond acceptors (Lipinski definition) is 5. The standard InChI is InChI=1S/C18H27NO5S/c1-5-25(21,22)24-17-11-14(9-10-16(17)23-4)12-19(13(2)3)18(20)15-7-6-8-15/h9-11,13,15H,5-8,12H2,1-4H3. The summed E-state index contributed by atoms with van der Waals surface area (Å²) in [5.74, 6) is 0.667. The summed E-state index contributed by atoms with van der Waals surface area (Å²) >= 11 is 0. The number of carbonyl (C=O) groups is 1. The number of benzene rings is 1. The van der Waals surface area contributed by atoms with Crippen LogP contribution in [0.15, 0.2) is 18.2 Å². The minimum absolute atomic E-state index is 0.0685. The van der Waals surface area contributed by atoms with E-state index in [1.54, 1.807) is 12.1 Å². The Kier molecular flexibility index (Phi) is 6.32. The molecule has 0 radical (unpaired) electrons. The van der Waals surface area contributed by atoms with Gasteiger partial charge in [-0.2, -0.15) is 8.42 Å². The highest BCUT2D eigenvalue weighted by atomic mass is 32.2. The van der Waals surface area contributed by atoms with Gasteiger partial charge in [0.1, 0.15) is 0 Å². The predicted octanol–water partition coefficient (Wildman–Crippen LogP) is 2.96. The van der Waals surface area contributed by atoms with Crippen molar-refractivity contribution < 1.29 is 22.1 Å². The fraction of sp³-hybridized carbons (Fsp3) is 0.611. The molecular weight excluding hydrogens is 342 g/mol. The van der Waals surface area contributed by atoms with Crippen molar-refractivity contribution in [1.29, 1.82) is 0 Å². The van der Waals surface area contributed by atoms with Crippen LogP contribution < -0.4 is 8.92 Å². The van der Waals surface area contributed by atoms with E-state index < -0.39 is 10.1 Å². The van der Waals surface area contributed by atoms with Crippen LogP contribution in [-0.4, -0.2) is 38.1 Å². The van der Waals surface area contributed by atoms with Crippen molar-refractivity contribution in [2.24, 2.45) is 5.92 Å². The Morgan fingerprint density at radius 3 is 2.44 bits per heavy atom. The molecule has 0 atom stereocenters. The van der Waals surface area contributed by atoms with Crippen LogP contribution in [0.3, 0.4) is 0 Å². The highest BCUT2D eigenvalue weighted by molar-refractivity contribution is 7.87. The average molecular weight is 369 g/mol. The Morgan fingerprint density at radius 2 is 1.96 bits per heavy atom. The molecule has 1 aromatic rings. The van der Waals surface area contributed by atoms with Gasteiger partial charge in [-0.3, -0.25) is 4.79 Å². The van der Waals surface area contributed by atoms with Gasteiger partial charge in [0.15, 0.2) is 11.5 Å². The topological polar surface area (TPSA) is 72.9 Å². The first-order chi connectivity index (χ1) is 11.8.